The van der Waals surface area contributed by atoms with Gasteiger partial charge in [0.2, 0.25) is 0 Å². The van der Waals surface area contributed by atoms with Crippen LogP contribution in [0.1, 0.15) is 16.7 Å². The molecule has 8 heteroatoms. The van der Waals surface area contributed by atoms with Gasteiger partial charge < -0.3 is 5.73 Å². The molecule has 0 atom stereocenters. The summed E-state index contributed by atoms with van der Waals surface area (Å²) in [6.45, 7) is 0. The summed E-state index contributed by atoms with van der Waals surface area (Å²) in [5.74, 6) is -0.576. The fourth-order valence-corrected chi connectivity index (χ4v) is 1.59. The largest absolute Gasteiger partial charge is 0.393 e. The molecule has 19 heavy (non-hydrogen) atoms. The summed E-state index contributed by atoms with van der Waals surface area (Å²) in [4.78, 5) is 0. The summed E-state index contributed by atoms with van der Waals surface area (Å²) in [7, 11) is 0. The molecular weight excluding hydrogens is 274 g/mol. The summed E-state index contributed by atoms with van der Waals surface area (Å²) < 4.78 is 73.4. The van der Waals surface area contributed by atoms with Crippen molar-refractivity contribution in [2.75, 3.05) is 0 Å². The normalized spacial score (nSPS) is 12.5. The van der Waals surface area contributed by atoms with Gasteiger partial charge in [-0.15, -0.1) is 0 Å². The van der Waals surface area contributed by atoms with Crippen molar-refractivity contribution in [1.29, 1.82) is 5.41 Å². The first kappa shape index (κ1) is 15.3. The Balaban J connectivity index is 3.14. The van der Waals surface area contributed by atoms with Crippen molar-refractivity contribution < 1.29 is 26.3 Å². The highest BCUT2D eigenvalue weighted by Crippen LogP contribution is 2.26. The third-order valence-corrected chi connectivity index (χ3v) is 2.17. The Bertz CT molecular complexity index is 441. The maximum Gasteiger partial charge on any atom is 0.393 e. The number of hydrogen-bond donors (Lipinski definition) is 2. The van der Waals surface area contributed by atoms with Crippen LogP contribution in [0.25, 0.3) is 0 Å². The Morgan fingerprint density at radius 1 is 0.895 bits per heavy atom. The second kappa shape index (κ2) is 5.10. The van der Waals surface area contributed by atoms with E-state index < -0.39 is 31.0 Å². The first-order valence-corrected chi connectivity index (χ1v) is 5.07. The van der Waals surface area contributed by atoms with Gasteiger partial charge >= 0.3 is 12.4 Å². The van der Waals surface area contributed by atoms with E-state index in [0.29, 0.717) is 0 Å². The van der Waals surface area contributed by atoms with Gasteiger partial charge in [-0.3, -0.25) is 5.41 Å². The molecule has 0 spiro atoms. The van der Waals surface area contributed by atoms with Crippen molar-refractivity contribution >= 4 is 5.84 Å². The molecule has 0 radical (unpaired) electrons. The quantitative estimate of drug-likeness (QED) is 0.500. The molecule has 1 aromatic carbocycles. The summed E-state index contributed by atoms with van der Waals surface area (Å²) >= 11 is 0. The molecule has 0 fully saturated rings. The lowest BCUT2D eigenvalue weighted by Crippen LogP contribution is -2.17. The number of amidine groups is 1. The van der Waals surface area contributed by atoms with E-state index in [9.17, 15) is 26.3 Å². The van der Waals surface area contributed by atoms with Crippen LogP contribution in [0.3, 0.4) is 0 Å². The first-order chi connectivity index (χ1) is 8.46. The lowest BCUT2D eigenvalue weighted by molar-refractivity contribution is -0.127. The molecule has 0 heterocycles. The van der Waals surface area contributed by atoms with Gasteiger partial charge in [0.15, 0.2) is 0 Å². The second-order valence-electron chi connectivity index (χ2n) is 4.04. The topological polar surface area (TPSA) is 49.9 Å². The highest BCUT2D eigenvalue weighted by Gasteiger charge is 2.30. The van der Waals surface area contributed by atoms with Gasteiger partial charge in [0.1, 0.15) is 5.84 Å². The molecular formula is C11H10F6N2. The molecule has 0 aliphatic heterocycles. The van der Waals surface area contributed by atoms with Gasteiger partial charge in [-0.2, -0.15) is 26.3 Å². The van der Waals surface area contributed by atoms with Crippen LogP contribution in [0.5, 0.6) is 0 Å². The number of nitrogens with two attached hydrogens (primary N) is 1. The Hall–Kier alpha value is -1.73. The number of alkyl halides is 6. The zero-order chi connectivity index (χ0) is 14.8. The molecule has 0 aromatic heterocycles. The molecule has 0 bridgehead atoms. The smallest absolute Gasteiger partial charge is 0.384 e. The Labute approximate surface area is 104 Å². The molecule has 106 valence electrons. The minimum atomic E-state index is -4.54. The SMILES string of the molecule is N=C(N)c1cc(CC(F)(F)F)cc(CC(F)(F)F)c1. The second-order valence-corrected chi connectivity index (χ2v) is 4.04. The maximum absolute atomic E-state index is 12.2. The van der Waals surface area contributed by atoms with E-state index in [2.05, 4.69) is 0 Å². The van der Waals surface area contributed by atoms with Crippen LogP contribution in [0.4, 0.5) is 26.3 Å². The van der Waals surface area contributed by atoms with Gasteiger partial charge in [0.25, 0.3) is 0 Å². The highest BCUT2D eigenvalue weighted by molar-refractivity contribution is 5.95. The third kappa shape index (κ3) is 5.62. The van der Waals surface area contributed by atoms with Crippen LogP contribution >= 0.6 is 0 Å². The standard InChI is InChI=1S/C11H10F6N2/c12-10(13,14)4-6-1-7(5-11(15,16)17)3-8(2-6)9(18)19/h1-3H,4-5H2,(H3,18,19). The lowest BCUT2D eigenvalue weighted by atomic mass is 10.0. The molecule has 1 aromatic rings. The van der Waals surface area contributed by atoms with E-state index >= 15 is 0 Å². The van der Waals surface area contributed by atoms with Crippen LogP contribution in [0.15, 0.2) is 18.2 Å². The molecule has 0 unspecified atom stereocenters. The van der Waals surface area contributed by atoms with E-state index in [0.717, 1.165) is 18.2 Å². The van der Waals surface area contributed by atoms with Gasteiger partial charge in [-0.1, -0.05) is 6.07 Å². The molecule has 0 saturated carbocycles. The number of hydrogen-bond acceptors (Lipinski definition) is 1. The zero-order valence-corrected chi connectivity index (χ0v) is 9.49. The van der Waals surface area contributed by atoms with Crippen LogP contribution in [-0.2, 0) is 12.8 Å². The predicted molar refractivity (Wildman–Crippen MR) is 57.0 cm³/mol. The zero-order valence-electron chi connectivity index (χ0n) is 9.49. The van der Waals surface area contributed by atoms with Gasteiger partial charge in [0.05, 0.1) is 12.8 Å². The fourth-order valence-electron chi connectivity index (χ4n) is 1.59. The maximum atomic E-state index is 12.2. The average molecular weight is 284 g/mol. The van der Waals surface area contributed by atoms with E-state index in [1.807, 2.05) is 0 Å². The van der Waals surface area contributed by atoms with Gasteiger partial charge in [-0.25, -0.2) is 0 Å². The number of nitrogens with one attached hydrogen (secondary N) is 1. The summed E-state index contributed by atoms with van der Waals surface area (Å²) in [6, 6.07) is 2.76. The van der Waals surface area contributed by atoms with E-state index in [4.69, 9.17) is 11.1 Å². The number of benzene rings is 1. The number of nitrogen functional groups attached to an aromatic ring is 1. The van der Waals surface area contributed by atoms with Crippen LogP contribution in [0.2, 0.25) is 0 Å². The monoisotopic (exact) mass is 284 g/mol. The third-order valence-electron chi connectivity index (χ3n) is 2.17. The van der Waals surface area contributed by atoms with Crippen molar-refractivity contribution in [2.45, 2.75) is 25.2 Å². The minimum absolute atomic E-state index is 0.152. The Kier molecular flexibility index (Phi) is 4.12. The van der Waals surface area contributed by atoms with E-state index in [1.54, 1.807) is 0 Å². The Morgan fingerprint density at radius 3 is 1.53 bits per heavy atom. The van der Waals surface area contributed by atoms with Crippen LogP contribution in [0, 0.1) is 5.41 Å². The fraction of sp³-hybridized carbons (Fsp3) is 0.364. The first-order valence-electron chi connectivity index (χ1n) is 5.07. The molecule has 0 saturated heterocycles. The molecule has 1 rings (SSSR count). The van der Waals surface area contributed by atoms with Crippen molar-refractivity contribution in [2.24, 2.45) is 5.73 Å². The minimum Gasteiger partial charge on any atom is -0.384 e. The average Bonchev–Trinajstić information content (AvgIpc) is 2.10. The molecule has 0 amide bonds. The predicted octanol–water partition coefficient (Wildman–Crippen LogP) is 3.18. The molecule has 0 aliphatic rings. The van der Waals surface area contributed by atoms with Crippen LogP contribution < -0.4 is 5.73 Å². The summed E-state index contributed by atoms with van der Waals surface area (Å²) in [6.07, 6.45) is -11.8. The van der Waals surface area contributed by atoms with Crippen LogP contribution in [-0.4, -0.2) is 18.2 Å². The van der Waals surface area contributed by atoms with Crippen molar-refractivity contribution in [1.82, 2.24) is 0 Å². The summed E-state index contributed by atoms with van der Waals surface area (Å²) in [5.41, 5.74) is 4.25. The molecule has 3 N–H and O–H groups in total. The Morgan fingerprint density at radius 2 is 1.26 bits per heavy atom. The van der Waals surface area contributed by atoms with Crippen molar-refractivity contribution in [3.05, 3.63) is 34.9 Å². The lowest BCUT2D eigenvalue weighted by Gasteiger charge is -2.12. The number of rotatable bonds is 3. The van der Waals surface area contributed by atoms with Gasteiger partial charge in [-0.05, 0) is 23.3 Å². The van der Waals surface area contributed by atoms with Crippen molar-refractivity contribution in [3.63, 3.8) is 0 Å². The van der Waals surface area contributed by atoms with Gasteiger partial charge in [0, 0.05) is 5.56 Å². The molecule has 0 aliphatic carbocycles. The number of halogens is 6. The van der Waals surface area contributed by atoms with E-state index in [1.165, 1.54) is 0 Å². The highest BCUT2D eigenvalue weighted by atomic mass is 19.4. The van der Waals surface area contributed by atoms with E-state index in [-0.39, 0.29) is 16.7 Å². The summed E-state index contributed by atoms with van der Waals surface area (Å²) in [5, 5.41) is 7.11. The van der Waals surface area contributed by atoms with Crippen molar-refractivity contribution in [3.8, 4) is 0 Å². The molecule has 2 nitrogen and oxygen atoms in total.